The van der Waals surface area contributed by atoms with Crippen LogP contribution >= 0.6 is 0 Å². The molecule has 1 unspecified atom stereocenters. The minimum Gasteiger partial charge on any atom is -0.399 e. The molecule has 0 fully saturated rings. The zero-order valence-corrected chi connectivity index (χ0v) is 9.50. The monoisotopic (exact) mass is 229 g/mol. The Labute approximate surface area is 99.7 Å². The van der Waals surface area contributed by atoms with Gasteiger partial charge in [-0.2, -0.15) is 0 Å². The van der Waals surface area contributed by atoms with Gasteiger partial charge in [0.25, 0.3) is 0 Å². The average Bonchev–Trinajstić information content (AvgIpc) is 2.72. The maximum Gasteiger partial charge on any atom is 0.109 e. The molecule has 1 aliphatic rings. The van der Waals surface area contributed by atoms with Gasteiger partial charge in [0, 0.05) is 30.4 Å². The van der Waals surface area contributed by atoms with Gasteiger partial charge in [-0.15, -0.1) is 0 Å². The number of nitrogen functional groups attached to an aromatic ring is 1. The van der Waals surface area contributed by atoms with Crippen LogP contribution in [0.25, 0.3) is 11.3 Å². The average molecular weight is 229 g/mol. The summed E-state index contributed by atoms with van der Waals surface area (Å²) in [6.07, 6.45) is 3.41. The molecule has 0 saturated carbocycles. The van der Waals surface area contributed by atoms with Crippen molar-refractivity contribution in [2.45, 2.75) is 25.5 Å². The summed E-state index contributed by atoms with van der Waals surface area (Å²) < 4.78 is 2.04. The third kappa shape index (κ3) is 1.91. The smallest absolute Gasteiger partial charge is 0.109 e. The number of rotatable bonds is 1. The standard InChI is InChI=1S/C13H15N3O/c14-10-3-1-9(2-4-10)12-8-16-7-11(17)5-6-13(16)15-12/h1-4,8,11,17H,5-7,14H2. The normalized spacial score (nSPS) is 19.0. The second-order valence-electron chi connectivity index (χ2n) is 4.51. The summed E-state index contributed by atoms with van der Waals surface area (Å²) in [5.41, 5.74) is 8.44. The summed E-state index contributed by atoms with van der Waals surface area (Å²) in [7, 11) is 0. The first-order valence-electron chi connectivity index (χ1n) is 5.82. The molecule has 0 saturated heterocycles. The number of hydrogen-bond donors (Lipinski definition) is 2. The van der Waals surface area contributed by atoms with Gasteiger partial charge >= 0.3 is 0 Å². The predicted molar refractivity (Wildman–Crippen MR) is 66.4 cm³/mol. The number of aliphatic hydroxyl groups excluding tert-OH is 1. The van der Waals surface area contributed by atoms with Crippen LogP contribution in [-0.4, -0.2) is 20.8 Å². The fraction of sp³-hybridized carbons (Fsp3) is 0.308. The number of aromatic nitrogens is 2. The first-order valence-corrected chi connectivity index (χ1v) is 5.82. The lowest BCUT2D eigenvalue weighted by Crippen LogP contribution is -2.23. The first-order chi connectivity index (χ1) is 8.22. The van der Waals surface area contributed by atoms with Crippen LogP contribution in [0.15, 0.2) is 30.5 Å². The number of benzene rings is 1. The summed E-state index contributed by atoms with van der Waals surface area (Å²) in [4.78, 5) is 4.60. The summed E-state index contributed by atoms with van der Waals surface area (Å²) in [5, 5.41) is 9.61. The van der Waals surface area contributed by atoms with Gasteiger partial charge in [-0.3, -0.25) is 0 Å². The van der Waals surface area contributed by atoms with Crippen molar-refractivity contribution < 1.29 is 5.11 Å². The number of aliphatic hydroxyl groups is 1. The Bertz CT molecular complexity index is 530. The highest BCUT2D eigenvalue weighted by Gasteiger charge is 2.18. The number of imidazole rings is 1. The van der Waals surface area contributed by atoms with E-state index in [9.17, 15) is 5.11 Å². The van der Waals surface area contributed by atoms with Gasteiger partial charge in [0.2, 0.25) is 0 Å². The third-order valence-corrected chi connectivity index (χ3v) is 3.17. The molecule has 1 aromatic heterocycles. The highest BCUT2D eigenvalue weighted by atomic mass is 16.3. The van der Waals surface area contributed by atoms with E-state index in [1.165, 1.54) is 0 Å². The highest BCUT2D eigenvalue weighted by Crippen LogP contribution is 2.23. The molecule has 1 aliphatic heterocycles. The van der Waals surface area contributed by atoms with Crippen molar-refractivity contribution in [1.29, 1.82) is 0 Å². The van der Waals surface area contributed by atoms with Crippen molar-refractivity contribution >= 4 is 5.69 Å². The molecule has 4 nitrogen and oxygen atoms in total. The van der Waals surface area contributed by atoms with Crippen LogP contribution < -0.4 is 5.73 Å². The van der Waals surface area contributed by atoms with Gasteiger partial charge in [-0.1, -0.05) is 12.1 Å². The van der Waals surface area contributed by atoms with Crippen molar-refractivity contribution in [2.24, 2.45) is 0 Å². The van der Waals surface area contributed by atoms with Gasteiger partial charge in [-0.25, -0.2) is 4.98 Å². The molecule has 1 aromatic carbocycles. The second-order valence-corrected chi connectivity index (χ2v) is 4.51. The Hall–Kier alpha value is -1.81. The highest BCUT2D eigenvalue weighted by molar-refractivity contribution is 5.61. The van der Waals surface area contributed by atoms with Gasteiger partial charge in [0.15, 0.2) is 0 Å². The van der Waals surface area contributed by atoms with E-state index in [0.717, 1.165) is 35.6 Å². The van der Waals surface area contributed by atoms with E-state index in [4.69, 9.17) is 5.73 Å². The summed E-state index contributed by atoms with van der Waals surface area (Å²) >= 11 is 0. The molecule has 88 valence electrons. The van der Waals surface area contributed by atoms with Crippen LogP contribution in [0.4, 0.5) is 5.69 Å². The van der Waals surface area contributed by atoms with Crippen LogP contribution in [0.1, 0.15) is 12.2 Å². The molecule has 2 aromatic rings. The zero-order valence-electron chi connectivity index (χ0n) is 9.50. The van der Waals surface area contributed by atoms with Crippen molar-refractivity contribution in [1.82, 2.24) is 9.55 Å². The van der Waals surface area contributed by atoms with E-state index in [1.54, 1.807) is 0 Å². The van der Waals surface area contributed by atoms with Crippen LogP contribution in [0.3, 0.4) is 0 Å². The summed E-state index contributed by atoms with van der Waals surface area (Å²) in [6, 6.07) is 7.70. The number of nitrogens with two attached hydrogens (primary N) is 1. The van der Waals surface area contributed by atoms with E-state index in [1.807, 2.05) is 35.0 Å². The molecule has 4 heteroatoms. The first kappa shape index (κ1) is 10.4. The largest absolute Gasteiger partial charge is 0.399 e. The fourth-order valence-electron chi connectivity index (χ4n) is 2.22. The fourth-order valence-corrected chi connectivity index (χ4v) is 2.22. The number of fused-ring (bicyclic) bond motifs is 1. The molecule has 17 heavy (non-hydrogen) atoms. The van der Waals surface area contributed by atoms with Crippen LogP contribution in [0, 0.1) is 0 Å². The Morgan fingerprint density at radius 2 is 2.06 bits per heavy atom. The predicted octanol–water partition coefficient (Wildman–Crippen LogP) is 1.44. The molecule has 0 aliphatic carbocycles. The van der Waals surface area contributed by atoms with E-state index in [0.29, 0.717) is 6.54 Å². The van der Waals surface area contributed by atoms with Gasteiger partial charge in [0.1, 0.15) is 5.82 Å². The third-order valence-electron chi connectivity index (χ3n) is 3.17. The lowest BCUT2D eigenvalue weighted by atomic mass is 10.1. The number of aryl methyl sites for hydroxylation is 1. The number of hydrogen-bond acceptors (Lipinski definition) is 3. The number of nitrogens with zero attached hydrogens (tertiary/aromatic N) is 2. The molecule has 3 rings (SSSR count). The van der Waals surface area contributed by atoms with E-state index >= 15 is 0 Å². The minimum absolute atomic E-state index is 0.240. The van der Waals surface area contributed by atoms with Gasteiger partial charge < -0.3 is 15.4 Å². The minimum atomic E-state index is -0.240. The Balaban J connectivity index is 1.97. The molecular weight excluding hydrogens is 214 g/mol. The van der Waals surface area contributed by atoms with Crippen molar-refractivity contribution in [3.8, 4) is 11.3 Å². The molecule has 0 amide bonds. The van der Waals surface area contributed by atoms with Gasteiger partial charge in [-0.05, 0) is 18.6 Å². The van der Waals surface area contributed by atoms with Crippen molar-refractivity contribution in [3.63, 3.8) is 0 Å². The summed E-state index contributed by atoms with van der Waals surface area (Å²) in [6.45, 7) is 0.650. The second kappa shape index (κ2) is 3.89. The molecule has 0 spiro atoms. The molecule has 0 bridgehead atoms. The van der Waals surface area contributed by atoms with E-state index < -0.39 is 0 Å². The Morgan fingerprint density at radius 1 is 1.29 bits per heavy atom. The van der Waals surface area contributed by atoms with Crippen LogP contribution in [0.5, 0.6) is 0 Å². The lowest BCUT2D eigenvalue weighted by molar-refractivity contribution is 0.130. The summed E-state index contributed by atoms with van der Waals surface area (Å²) in [5.74, 6) is 1.06. The topological polar surface area (TPSA) is 64.1 Å². The number of anilines is 1. The van der Waals surface area contributed by atoms with Crippen molar-refractivity contribution in [3.05, 3.63) is 36.3 Å². The van der Waals surface area contributed by atoms with E-state index in [-0.39, 0.29) is 6.10 Å². The van der Waals surface area contributed by atoms with E-state index in [2.05, 4.69) is 4.98 Å². The maximum atomic E-state index is 9.61. The molecule has 0 radical (unpaired) electrons. The Morgan fingerprint density at radius 3 is 2.82 bits per heavy atom. The molecular formula is C13H15N3O. The van der Waals surface area contributed by atoms with Crippen LogP contribution in [-0.2, 0) is 13.0 Å². The zero-order chi connectivity index (χ0) is 11.8. The van der Waals surface area contributed by atoms with Crippen molar-refractivity contribution in [2.75, 3.05) is 5.73 Å². The lowest BCUT2D eigenvalue weighted by Gasteiger charge is -2.18. The molecule has 2 heterocycles. The van der Waals surface area contributed by atoms with Crippen LogP contribution in [0.2, 0.25) is 0 Å². The maximum absolute atomic E-state index is 9.61. The Kier molecular flexibility index (Phi) is 2.37. The molecule has 3 N–H and O–H groups in total. The van der Waals surface area contributed by atoms with Gasteiger partial charge in [0.05, 0.1) is 11.8 Å². The SMILES string of the molecule is Nc1ccc(-c2cn3c(n2)CCC(O)C3)cc1. The quantitative estimate of drug-likeness (QED) is 0.727. The molecule has 1 atom stereocenters.